The predicted molar refractivity (Wildman–Crippen MR) is 94.8 cm³/mol. The number of aryl methyl sites for hydroxylation is 2. The zero-order valence-electron chi connectivity index (χ0n) is 14.1. The Morgan fingerprint density at radius 1 is 1.50 bits per heavy atom. The van der Waals surface area contributed by atoms with Crippen molar-refractivity contribution < 1.29 is 0 Å². The number of nitrogens with zero attached hydrogens (tertiary/aromatic N) is 3. The molecular weight excluding hydrogens is 294 g/mol. The highest BCUT2D eigenvalue weighted by Gasteiger charge is 2.22. The molecule has 1 saturated heterocycles. The molecule has 1 aliphatic rings. The largest absolute Gasteiger partial charge is 0.356 e. The lowest BCUT2D eigenvalue weighted by Crippen LogP contribution is -2.45. The highest BCUT2D eigenvalue weighted by molar-refractivity contribution is 7.09. The van der Waals surface area contributed by atoms with E-state index in [0.29, 0.717) is 6.04 Å². The maximum Gasteiger partial charge on any atom is 0.191 e. The molecule has 0 aliphatic carbocycles. The molecule has 1 aromatic rings. The molecule has 2 N–H and O–H groups in total. The molecule has 2 rings (SSSR count). The molecule has 5 nitrogen and oxygen atoms in total. The number of guanidine groups is 1. The number of aliphatic imine (C=N–C) groups is 1. The monoisotopic (exact) mass is 323 g/mol. The number of hydrogen-bond donors (Lipinski definition) is 2. The van der Waals surface area contributed by atoms with Crippen molar-refractivity contribution in [2.75, 3.05) is 33.2 Å². The van der Waals surface area contributed by atoms with Gasteiger partial charge in [-0.05, 0) is 39.3 Å². The highest BCUT2D eigenvalue weighted by Crippen LogP contribution is 2.15. The van der Waals surface area contributed by atoms with Gasteiger partial charge in [-0.1, -0.05) is 6.92 Å². The first-order valence-corrected chi connectivity index (χ1v) is 9.20. The van der Waals surface area contributed by atoms with Gasteiger partial charge in [0.25, 0.3) is 0 Å². The lowest BCUT2D eigenvalue weighted by atomic mass is 10.2. The minimum Gasteiger partial charge on any atom is -0.356 e. The number of likely N-dealkylation sites (tertiary alicyclic amines) is 1. The number of rotatable bonds is 7. The van der Waals surface area contributed by atoms with Crippen molar-refractivity contribution >= 4 is 17.3 Å². The van der Waals surface area contributed by atoms with Crippen molar-refractivity contribution in [2.45, 2.75) is 45.6 Å². The molecule has 0 bridgehead atoms. The number of aromatic nitrogens is 1. The van der Waals surface area contributed by atoms with E-state index in [1.165, 1.54) is 24.4 Å². The van der Waals surface area contributed by atoms with Crippen molar-refractivity contribution in [2.24, 2.45) is 4.99 Å². The molecule has 22 heavy (non-hydrogen) atoms. The van der Waals surface area contributed by atoms with Gasteiger partial charge >= 0.3 is 0 Å². The second-order valence-electron chi connectivity index (χ2n) is 5.79. The van der Waals surface area contributed by atoms with Gasteiger partial charge in [0.05, 0.1) is 5.01 Å². The van der Waals surface area contributed by atoms with E-state index in [1.807, 2.05) is 14.0 Å². The summed E-state index contributed by atoms with van der Waals surface area (Å²) in [5.41, 5.74) is 1.13. The van der Waals surface area contributed by atoms with Crippen LogP contribution in [0.1, 0.15) is 36.9 Å². The Morgan fingerprint density at radius 2 is 2.36 bits per heavy atom. The Labute approximate surface area is 138 Å². The van der Waals surface area contributed by atoms with Crippen LogP contribution in [0.4, 0.5) is 0 Å². The first-order chi connectivity index (χ1) is 10.7. The van der Waals surface area contributed by atoms with Crippen LogP contribution in [0.5, 0.6) is 0 Å². The van der Waals surface area contributed by atoms with Gasteiger partial charge in [-0.25, -0.2) is 4.98 Å². The van der Waals surface area contributed by atoms with E-state index < -0.39 is 0 Å². The van der Waals surface area contributed by atoms with Gasteiger partial charge in [0.1, 0.15) is 0 Å². The van der Waals surface area contributed by atoms with Crippen LogP contribution in [-0.4, -0.2) is 55.1 Å². The summed E-state index contributed by atoms with van der Waals surface area (Å²) in [6, 6.07) is 0.654. The third-order valence-electron chi connectivity index (χ3n) is 4.16. The molecule has 0 saturated carbocycles. The Balaban J connectivity index is 1.63. The summed E-state index contributed by atoms with van der Waals surface area (Å²) < 4.78 is 0. The fourth-order valence-corrected chi connectivity index (χ4v) is 3.76. The SMILES string of the molecule is CCN1CCCC1CNC(=NC)NCCCc1nc(C)cs1. The van der Waals surface area contributed by atoms with Crippen LogP contribution in [-0.2, 0) is 6.42 Å². The molecular formula is C16H29N5S. The molecule has 0 amide bonds. The average molecular weight is 324 g/mol. The van der Waals surface area contributed by atoms with E-state index in [9.17, 15) is 0 Å². The van der Waals surface area contributed by atoms with Crippen molar-refractivity contribution in [3.8, 4) is 0 Å². The summed E-state index contributed by atoms with van der Waals surface area (Å²) in [6.07, 6.45) is 4.73. The number of hydrogen-bond acceptors (Lipinski definition) is 4. The summed E-state index contributed by atoms with van der Waals surface area (Å²) in [5.74, 6) is 0.915. The minimum absolute atomic E-state index is 0.654. The first-order valence-electron chi connectivity index (χ1n) is 8.32. The van der Waals surface area contributed by atoms with E-state index in [4.69, 9.17) is 0 Å². The molecule has 6 heteroatoms. The summed E-state index contributed by atoms with van der Waals surface area (Å²) in [6.45, 7) is 8.59. The minimum atomic E-state index is 0.654. The van der Waals surface area contributed by atoms with Crippen LogP contribution in [0.15, 0.2) is 10.4 Å². The van der Waals surface area contributed by atoms with Crippen molar-refractivity contribution in [3.05, 3.63) is 16.1 Å². The smallest absolute Gasteiger partial charge is 0.191 e. The third-order valence-corrected chi connectivity index (χ3v) is 5.19. The van der Waals surface area contributed by atoms with E-state index >= 15 is 0 Å². The molecule has 1 aliphatic heterocycles. The first kappa shape index (κ1) is 17.2. The molecule has 124 valence electrons. The standard InChI is InChI=1S/C16H29N5S/c1-4-21-10-6-7-14(21)11-19-16(17-3)18-9-5-8-15-20-13(2)12-22-15/h12,14H,4-11H2,1-3H3,(H2,17,18,19). The van der Waals surface area contributed by atoms with Crippen molar-refractivity contribution in [1.82, 2.24) is 20.5 Å². The van der Waals surface area contributed by atoms with Crippen LogP contribution >= 0.6 is 11.3 Å². The Bertz CT molecular complexity index is 471. The van der Waals surface area contributed by atoms with Crippen LogP contribution in [0, 0.1) is 6.92 Å². The van der Waals surface area contributed by atoms with Gasteiger partial charge in [0, 0.05) is 43.7 Å². The summed E-state index contributed by atoms with van der Waals surface area (Å²) in [4.78, 5) is 11.4. The van der Waals surface area contributed by atoms with E-state index in [0.717, 1.165) is 44.1 Å². The number of nitrogens with one attached hydrogen (secondary N) is 2. The lowest BCUT2D eigenvalue weighted by Gasteiger charge is -2.23. The second-order valence-corrected chi connectivity index (χ2v) is 6.73. The van der Waals surface area contributed by atoms with Gasteiger partial charge in [0.15, 0.2) is 5.96 Å². The van der Waals surface area contributed by atoms with Crippen LogP contribution in [0.2, 0.25) is 0 Å². The zero-order chi connectivity index (χ0) is 15.8. The number of likely N-dealkylation sites (N-methyl/N-ethyl adjacent to an activating group) is 1. The van der Waals surface area contributed by atoms with Gasteiger partial charge in [0.2, 0.25) is 0 Å². The van der Waals surface area contributed by atoms with Crippen molar-refractivity contribution in [1.29, 1.82) is 0 Å². The van der Waals surface area contributed by atoms with Gasteiger partial charge in [-0.15, -0.1) is 11.3 Å². The molecule has 1 atom stereocenters. The highest BCUT2D eigenvalue weighted by atomic mass is 32.1. The third kappa shape index (κ3) is 5.25. The molecule has 0 radical (unpaired) electrons. The topological polar surface area (TPSA) is 52.5 Å². The Kier molecular flexibility index (Phi) is 7.12. The van der Waals surface area contributed by atoms with Crippen LogP contribution in [0.3, 0.4) is 0 Å². The molecule has 1 aromatic heterocycles. The lowest BCUT2D eigenvalue weighted by molar-refractivity contribution is 0.267. The Morgan fingerprint density at radius 3 is 3.05 bits per heavy atom. The zero-order valence-corrected chi connectivity index (χ0v) is 14.9. The van der Waals surface area contributed by atoms with Crippen molar-refractivity contribution in [3.63, 3.8) is 0 Å². The van der Waals surface area contributed by atoms with Gasteiger partial charge < -0.3 is 10.6 Å². The molecule has 0 aromatic carbocycles. The quantitative estimate of drug-likeness (QED) is 0.458. The van der Waals surface area contributed by atoms with E-state index in [2.05, 4.69) is 37.8 Å². The predicted octanol–water partition coefficient (Wildman–Crippen LogP) is 2.03. The summed E-state index contributed by atoms with van der Waals surface area (Å²) >= 11 is 1.75. The maximum atomic E-state index is 4.49. The normalized spacial score (nSPS) is 19.6. The van der Waals surface area contributed by atoms with E-state index in [-0.39, 0.29) is 0 Å². The molecule has 2 heterocycles. The molecule has 0 spiro atoms. The summed E-state index contributed by atoms with van der Waals surface area (Å²) in [5, 5.41) is 10.2. The van der Waals surface area contributed by atoms with Crippen LogP contribution in [0.25, 0.3) is 0 Å². The van der Waals surface area contributed by atoms with Gasteiger partial charge in [-0.2, -0.15) is 0 Å². The molecule has 1 fully saturated rings. The van der Waals surface area contributed by atoms with Crippen LogP contribution < -0.4 is 10.6 Å². The maximum absolute atomic E-state index is 4.49. The summed E-state index contributed by atoms with van der Waals surface area (Å²) in [7, 11) is 1.84. The second kappa shape index (κ2) is 9.10. The average Bonchev–Trinajstić information content (AvgIpc) is 3.15. The van der Waals surface area contributed by atoms with E-state index in [1.54, 1.807) is 11.3 Å². The fourth-order valence-electron chi connectivity index (χ4n) is 2.94. The molecule has 1 unspecified atom stereocenters. The van der Waals surface area contributed by atoms with Gasteiger partial charge in [-0.3, -0.25) is 9.89 Å². The number of thiazole rings is 1. The fraction of sp³-hybridized carbons (Fsp3) is 0.750. The Hall–Kier alpha value is -1.14.